The van der Waals surface area contributed by atoms with Crippen molar-refractivity contribution in [2.45, 2.75) is 59.9 Å². The van der Waals surface area contributed by atoms with Gasteiger partial charge in [0.05, 0.1) is 5.69 Å². The van der Waals surface area contributed by atoms with Crippen molar-refractivity contribution in [3.05, 3.63) is 51.4 Å². The van der Waals surface area contributed by atoms with Crippen LogP contribution in [0.25, 0.3) is 0 Å². The number of rotatable bonds is 9. The Morgan fingerprint density at radius 3 is 2.30 bits per heavy atom. The van der Waals surface area contributed by atoms with E-state index in [-0.39, 0.29) is 17.4 Å². The molecule has 0 radical (unpaired) electrons. The van der Waals surface area contributed by atoms with Crippen LogP contribution in [-0.2, 0) is 11.3 Å². The molecule has 1 atom stereocenters. The molecule has 2 aromatic rings. The fourth-order valence-corrected chi connectivity index (χ4v) is 5.39. The molecule has 0 unspecified atom stereocenters. The van der Waals surface area contributed by atoms with Crippen LogP contribution in [0.3, 0.4) is 0 Å². The van der Waals surface area contributed by atoms with E-state index in [0.717, 1.165) is 57.6 Å². The van der Waals surface area contributed by atoms with Gasteiger partial charge in [-0.2, -0.15) is 0 Å². The van der Waals surface area contributed by atoms with E-state index < -0.39 is 0 Å². The zero-order chi connectivity index (χ0) is 26.4. The summed E-state index contributed by atoms with van der Waals surface area (Å²) in [6.07, 6.45) is 4.09. The summed E-state index contributed by atoms with van der Waals surface area (Å²) in [6.45, 7) is 15.8. The van der Waals surface area contributed by atoms with Gasteiger partial charge in [-0.1, -0.05) is 32.8 Å². The minimum atomic E-state index is -0.113. The Labute approximate surface area is 221 Å². The Morgan fingerprint density at radius 2 is 1.65 bits per heavy atom. The van der Waals surface area contributed by atoms with Gasteiger partial charge in [-0.3, -0.25) is 19.5 Å². The number of amides is 1. The lowest BCUT2D eigenvalue weighted by Crippen LogP contribution is -2.51. The number of nitrogens with one attached hydrogen (secondary N) is 1. The number of piperazine rings is 2. The highest BCUT2D eigenvalue weighted by molar-refractivity contribution is 5.79. The molecule has 4 rings (SSSR count). The molecule has 3 heterocycles. The molecule has 37 heavy (non-hydrogen) atoms. The molecule has 202 valence electrons. The number of aromatic amines is 1. The second-order valence-corrected chi connectivity index (χ2v) is 10.7. The molecule has 0 saturated carbocycles. The molecular weight excluding hydrogens is 464 g/mol. The van der Waals surface area contributed by atoms with Gasteiger partial charge in [0.1, 0.15) is 0 Å². The maximum atomic E-state index is 13.0. The molecule has 2 fully saturated rings. The van der Waals surface area contributed by atoms with Gasteiger partial charge >= 0.3 is 0 Å². The highest BCUT2D eigenvalue weighted by atomic mass is 16.2. The molecule has 2 aliphatic heterocycles. The van der Waals surface area contributed by atoms with Gasteiger partial charge in [0.2, 0.25) is 11.9 Å². The van der Waals surface area contributed by atoms with Crippen LogP contribution in [0.5, 0.6) is 0 Å². The average Bonchev–Trinajstić information content (AvgIpc) is 2.91. The quantitative estimate of drug-likeness (QED) is 0.558. The third-order valence-corrected chi connectivity index (χ3v) is 8.03. The standard InChI is InChI=1S/C29H44N6O2/c1-5-7-8-24(6-2)28(37)34-15-17-35(18-16-34)29-30-25(20-27(36)31-29)21-32-11-13-33(14-12-32)26-10-9-22(3)23(4)19-26/h9-10,19-20,24H,5-8,11-18,21H2,1-4H3,(H,30,31,36)/t24-/m1/s1. The van der Waals surface area contributed by atoms with E-state index in [1.54, 1.807) is 6.07 Å². The number of carbonyl (C=O) groups is 1. The molecule has 8 heteroatoms. The summed E-state index contributed by atoms with van der Waals surface area (Å²) in [5.41, 5.74) is 4.63. The van der Waals surface area contributed by atoms with Crippen LogP contribution in [0.4, 0.5) is 11.6 Å². The Morgan fingerprint density at radius 1 is 0.946 bits per heavy atom. The Balaban J connectivity index is 1.31. The van der Waals surface area contributed by atoms with E-state index >= 15 is 0 Å². The van der Waals surface area contributed by atoms with E-state index in [9.17, 15) is 9.59 Å². The molecule has 8 nitrogen and oxygen atoms in total. The molecule has 1 N–H and O–H groups in total. The van der Waals surface area contributed by atoms with Crippen LogP contribution in [0.2, 0.25) is 0 Å². The van der Waals surface area contributed by atoms with Gasteiger partial charge in [-0.05, 0) is 49.9 Å². The number of benzene rings is 1. The first kappa shape index (κ1) is 27.2. The molecule has 1 aromatic carbocycles. The van der Waals surface area contributed by atoms with Gasteiger partial charge < -0.3 is 14.7 Å². The topological polar surface area (TPSA) is 75.8 Å². The Bertz CT molecular complexity index is 1100. The minimum absolute atomic E-state index is 0.113. The molecular formula is C29H44N6O2. The van der Waals surface area contributed by atoms with Crippen LogP contribution in [0.1, 0.15) is 56.4 Å². The lowest BCUT2D eigenvalue weighted by Gasteiger charge is -2.37. The monoisotopic (exact) mass is 508 g/mol. The first-order valence-corrected chi connectivity index (χ1v) is 14.1. The summed E-state index contributed by atoms with van der Waals surface area (Å²) in [7, 11) is 0. The maximum absolute atomic E-state index is 13.0. The van der Waals surface area contributed by atoms with Crippen LogP contribution in [0, 0.1) is 19.8 Å². The second-order valence-electron chi connectivity index (χ2n) is 10.7. The summed E-state index contributed by atoms with van der Waals surface area (Å²) in [6, 6.07) is 8.31. The van der Waals surface area contributed by atoms with Gasteiger partial charge in [-0.15, -0.1) is 0 Å². The average molecular weight is 509 g/mol. The number of anilines is 2. The largest absolute Gasteiger partial charge is 0.369 e. The molecule has 1 amide bonds. The Hall–Kier alpha value is -2.87. The first-order chi connectivity index (χ1) is 17.9. The van der Waals surface area contributed by atoms with E-state index in [0.29, 0.717) is 38.7 Å². The van der Waals surface area contributed by atoms with Crippen LogP contribution < -0.4 is 15.4 Å². The van der Waals surface area contributed by atoms with E-state index in [2.05, 4.69) is 65.6 Å². The predicted molar refractivity (Wildman–Crippen MR) is 150 cm³/mol. The third kappa shape index (κ3) is 6.92. The number of aryl methyl sites for hydroxylation is 2. The minimum Gasteiger partial charge on any atom is -0.369 e. The fraction of sp³-hybridized carbons (Fsp3) is 0.621. The number of hydrogen-bond donors (Lipinski definition) is 1. The highest BCUT2D eigenvalue weighted by Gasteiger charge is 2.27. The zero-order valence-corrected chi connectivity index (χ0v) is 23.1. The molecule has 1 aromatic heterocycles. The van der Waals surface area contributed by atoms with E-state index in [1.165, 1.54) is 16.8 Å². The molecule has 0 aliphatic carbocycles. The van der Waals surface area contributed by atoms with Crippen LogP contribution in [-0.4, -0.2) is 78.0 Å². The van der Waals surface area contributed by atoms with Crippen molar-refractivity contribution in [3.8, 4) is 0 Å². The lowest BCUT2D eigenvalue weighted by molar-refractivity contribution is -0.136. The van der Waals surface area contributed by atoms with Crippen molar-refractivity contribution in [3.63, 3.8) is 0 Å². The summed E-state index contributed by atoms with van der Waals surface area (Å²) in [4.78, 5) is 42.1. The summed E-state index contributed by atoms with van der Waals surface area (Å²) < 4.78 is 0. The van der Waals surface area contributed by atoms with E-state index in [4.69, 9.17) is 4.98 Å². The first-order valence-electron chi connectivity index (χ1n) is 14.1. The van der Waals surface area contributed by atoms with Gasteiger partial charge in [0, 0.05) is 76.6 Å². The second kappa shape index (κ2) is 12.6. The van der Waals surface area contributed by atoms with Crippen molar-refractivity contribution < 1.29 is 4.79 Å². The van der Waals surface area contributed by atoms with Crippen molar-refractivity contribution in [1.29, 1.82) is 0 Å². The smallest absolute Gasteiger partial charge is 0.252 e. The SMILES string of the molecule is CCCC[C@@H](CC)C(=O)N1CCN(c2nc(CN3CCN(c4ccc(C)c(C)c4)CC3)cc(=O)[nH]2)CC1. The number of nitrogens with zero attached hydrogens (tertiary/aromatic N) is 5. The molecule has 0 spiro atoms. The summed E-state index contributed by atoms with van der Waals surface area (Å²) in [5.74, 6) is 1.04. The highest BCUT2D eigenvalue weighted by Crippen LogP contribution is 2.21. The van der Waals surface area contributed by atoms with Crippen LogP contribution >= 0.6 is 0 Å². The normalized spacial score (nSPS) is 17.8. The zero-order valence-electron chi connectivity index (χ0n) is 23.1. The maximum Gasteiger partial charge on any atom is 0.252 e. The van der Waals surface area contributed by atoms with Gasteiger partial charge in [0.15, 0.2) is 0 Å². The number of hydrogen-bond acceptors (Lipinski definition) is 6. The van der Waals surface area contributed by atoms with Crippen molar-refractivity contribution in [2.24, 2.45) is 5.92 Å². The van der Waals surface area contributed by atoms with Gasteiger partial charge in [0.25, 0.3) is 5.56 Å². The fourth-order valence-electron chi connectivity index (χ4n) is 5.39. The lowest BCUT2D eigenvalue weighted by atomic mass is 9.97. The Kier molecular flexibility index (Phi) is 9.24. The number of H-pyrrole nitrogens is 1. The van der Waals surface area contributed by atoms with Crippen molar-refractivity contribution in [1.82, 2.24) is 19.8 Å². The van der Waals surface area contributed by atoms with Crippen molar-refractivity contribution in [2.75, 3.05) is 62.2 Å². The number of aromatic nitrogens is 2. The summed E-state index contributed by atoms with van der Waals surface area (Å²) in [5, 5.41) is 0. The third-order valence-electron chi connectivity index (χ3n) is 8.03. The van der Waals surface area contributed by atoms with Crippen LogP contribution in [0.15, 0.2) is 29.1 Å². The molecule has 2 aliphatic rings. The molecule has 2 saturated heterocycles. The molecule has 0 bridgehead atoms. The number of carbonyl (C=O) groups excluding carboxylic acids is 1. The van der Waals surface area contributed by atoms with Crippen molar-refractivity contribution >= 4 is 17.5 Å². The van der Waals surface area contributed by atoms with E-state index in [1.807, 2.05) is 4.90 Å². The summed E-state index contributed by atoms with van der Waals surface area (Å²) >= 11 is 0. The van der Waals surface area contributed by atoms with Gasteiger partial charge in [-0.25, -0.2) is 4.98 Å². The number of unbranched alkanes of at least 4 members (excludes halogenated alkanes) is 1. The predicted octanol–water partition coefficient (Wildman–Crippen LogP) is 3.57.